The molecule has 31 heavy (non-hydrogen) atoms. The van der Waals surface area contributed by atoms with Gasteiger partial charge in [-0.3, -0.25) is 4.90 Å². The largest absolute Gasteiger partial charge is 0.470 e. The van der Waals surface area contributed by atoms with E-state index in [0.717, 1.165) is 57.0 Å². The molecule has 2 saturated heterocycles. The first-order valence-electron chi connectivity index (χ1n) is 11.9. The first-order chi connectivity index (χ1) is 15.2. The first-order valence-corrected chi connectivity index (χ1v) is 11.9. The van der Waals surface area contributed by atoms with Crippen LogP contribution >= 0.6 is 0 Å². The van der Waals surface area contributed by atoms with Crippen molar-refractivity contribution in [2.45, 2.75) is 51.0 Å². The molecule has 7 nitrogen and oxygen atoms in total. The minimum Gasteiger partial charge on any atom is -0.470 e. The zero-order valence-corrected chi connectivity index (χ0v) is 18.7. The average Bonchev–Trinajstić information content (AvgIpc) is 3.66. The topological polar surface area (TPSA) is 62.2 Å². The molecule has 4 heterocycles. The number of hydrogen-bond acceptors (Lipinski definition) is 7. The molecule has 0 saturated carbocycles. The zero-order valence-electron chi connectivity index (χ0n) is 18.7. The number of ether oxygens (including phenoxy) is 1. The van der Waals surface area contributed by atoms with E-state index < -0.39 is 0 Å². The van der Waals surface area contributed by atoms with Gasteiger partial charge in [0.25, 0.3) is 0 Å². The summed E-state index contributed by atoms with van der Waals surface area (Å²) in [5.41, 5.74) is 2.45. The van der Waals surface area contributed by atoms with E-state index in [0.29, 0.717) is 6.61 Å². The molecule has 1 aliphatic carbocycles. The van der Waals surface area contributed by atoms with Crippen molar-refractivity contribution in [3.63, 3.8) is 0 Å². The molecule has 5 rings (SSSR count). The Morgan fingerprint density at radius 1 is 1.19 bits per heavy atom. The Morgan fingerprint density at radius 3 is 2.71 bits per heavy atom. The molecule has 0 bridgehead atoms. The number of rotatable bonds is 7. The van der Waals surface area contributed by atoms with Crippen LogP contribution in [0, 0.1) is 5.41 Å². The fourth-order valence-electron chi connectivity index (χ4n) is 5.08. The highest BCUT2D eigenvalue weighted by molar-refractivity contribution is 5.83. The number of nitrogens with zero attached hydrogens (tertiary/aromatic N) is 4. The summed E-state index contributed by atoms with van der Waals surface area (Å²) < 4.78 is 6.53. The van der Waals surface area contributed by atoms with E-state index in [1.54, 1.807) is 0 Å². The van der Waals surface area contributed by atoms with Crippen LogP contribution in [0.1, 0.15) is 44.1 Å². The monoisotopic (exact) mass is 425 g/mol. The molecule has 1 aromatic rings. The number of likely N-dealkylation sites (tertiary alicyclic amines) is 1. The Morgan fingerprint density at radius 2 is 2.00 bits per heavy atom. The van der Waals surface area contributed by atoms with Crippen LogP contribution in [0.2, 0.25) is 0 Å². The Kier molecular flexibility index (Phi) is 6.14. The summed E-state index contributed by atoms with van der Waals surface area (Å²) in [6.45, 7) is 5.78. The molecule has 1 aromatic heterocycles. The number of piperidine rings is 2. The summed E-state index contributed by atoms with van der Waals surface area (Å²) in [7, 11) is 2.08. The molecule has 0 spiro atoms. The van der Waals surface area contributed by atoms with Crippen LogP contribution in [-0.4, -0.2) is 68.3 Å². The number of aromatic nitrogens is 1. The van der Waals surface area contributed by atoms with Gasteiger partial charge in [-0.25, -0.2) is 4.98 Å². The van der Waals surface area contributed by atoms with Gasteiger partial charge in [0.2, 0.25) is 5.90 Å². The second-order valence-corrected chi connectivity index (χ2v) is 9.48. The third kappa shape index (κ3) is 4.88. The highest BCUT2D eigenvalue weighted by Gasteiger charge is 2.42. The molecule has 1 unspecified atom stereocenters. The maximum absolute atomic E-state index is 6.53. The summed E-state index contributed by atoms with van der Waals surface area (Å²) in [6, 6.07) is 4.34. The number of oxime groups is 1. The van der Waals surface area contributed by atoms with E-state index in [2.05, 4.69) is 45.5 Å². The number of pyridine rings is 1. The van der Waals surface area contributed by atoms with E-state index in [4.69, 9.17) is 14.6 Å². The van der Waals surface area contributed by atoms with Gasteiger partial charge in [0.15, 0.2) is 6.61 Å². The van der Waals surface area contributed by atoms with Crippen molar-refractivity contribution < 1.29 is 9.57 Å². The van der Waals surface area contributed by atoms with Gasteiger partial charge in [-0.2, -0.15) is 0 Å². The minimum atomic E-state index is -0.125. The highest BCUT2D eigenvalue weighted by Crippen LogP contribution is 2.37. The van der Waals surface area contributed by atoms with E-state index >= 15 is 0 Å². The van der Waals surface area contributed by atoms with Crippen LogP contribution in [-0.2, 0) is 16.0 Å². The van der Waals surface area contributed by atoms with Crippen LogP contribution in [0.5, 0.6) is 0 Å². The average molecular weight is 426 g/mol. The van der Waals surface area contributed by atoms with Gasteiger partial charge in [0, 0.05) is 31.9 Å². The molecular formula is C24H35N5O2. The number of allylic oxidation sites excluding steroid dienone is 2. The molecule has 0 aromatic carbocycles. The quantitative estimate of drug-likeness (QED) is 0.725. The molecule has 1 atom stereocenters. The van der Waals surface area contributed by atoms with Crippen molar-refractivity contribution in [1.29, 1.82) is 0 Å². The van der Waals surface area contributed by atoms with Crippen molar-refractivity contribution in [3.8, 4) is 0 Å². The standard InChI is InChI=1S/C24H35N5O2/c1-28(20-6-7-20)22-8-5-19(16-26-22)15-24(9-11-25-12-10-24)23-27-30-18-21(31-23)17-29-13-3-2-4-14-29/h5-6,8,16,21,25H,2-4,7,9-15,17-18H2,1H3. The van der Waals surface area contributed by atoms with Crippen molar-refractivity contribution in [3.05, 3.63) is 35.7 Å². The molecule has 168 valence electrons. The molecular weight excluding hydrogens is 390 g/mol. The normalized spacial score (nSPS) is 25.6. The Balaban J connectivity index is 1.28. The smallest absolute Gasteiger partial charge is 0.232 e. The number of hydrogen-bond donors (Lipinski definition) is 1. The van der Waals surface area contributed by atoms with Crippen molar-refractivity contribution in [1.82, 2.24) is 15.2 Å². The third-order valence-corrected chi connectivity index (χ3v) is 7.12. The van der Waals surface area contributed by atoms with Crippen molar-refractivity contribution in [2.24, 2.45) is 10.6 Å². The lowest BCUT2D eigenvalue weighted by Gasteiger charge is -2.41. The number of nitrogens with one attached hydrogen (secondary N) is 1. The Labute approximate surface area is 185 Å². The van der Waals surface area contributed by atoms with Crippen LogP contribution in [0.4, 0.5) is 5.82 Å². The van der Waals surface area contributed by atoms with E-state index in [1.807, 2.05) is 6.20 Å². The third-order valence-electron chi connectivity index (χ3n) is 7.12. The molecule has 3 aliphatic heterocycles. The van der Waals surface area contributed by atoms with Crippen molar-refractivity contribution >= 4 is 11.7 Å². The van der Waals surface area contributed by atoms with Gasteiger partial charge in [0.05, 0.1) is 5.41 Å². The fourth-order valence-corrected chi connectivity index (χ4v) is 5.08. The van der Waals surface area contributed by atoms with Gasteiger partial charge in [-0.15, -0.1) is 0 Å². The maximum atomic E-state index is 6.53. The van der Waals surface area contributed by atoms with E-state index in [1.165, 1.54) is 43.6 Å². The summed E-state index contributed by atoms with van der Waals surface area (Å²) >= 11 is 0. The lowest BCUT2D eigenvalue weighted by molar-refractivity contribution is -0.0242. The number of anilines is 1. The fraction of sp³-hybridized carbons (Fsp3) is 0.667. The molecule has 4 aliphatic rings. The zero-order chi connectivity index (χ0) is 21.1. The second kappa shape index (κ2) is 9.17. The van der Waals surface area contributed by atoms with E-state index in [-0.39, 0.29) is 11.5 Å². The predicted octanol–water partition coefficient (Wildman–Crippen LogP) is 2.93. The minimum absolute atomic E-state index is 0.0679. The Hall–Kier alpha value is -2.12. The summed E-state index contributed by atoms with van der Waals surface area (Å²) in [5.74, 6) is 1.80. The van der Waals surface area contributed by atoms with Crippen LogP contribution in [0.15, 0.2) is 35.3 Å². The SMILES string of the molecule is CN(C1=CC1)c1ccc(CC2(C3=NOCC(CN4CCCCC4)O3)CCNCC2)cn1. The summed E-state index contributed by atoms with van der Waals surface area (Å²) in [5, 5.41) is 7.95. The summed E-state index contributed by atoms with van der Waals surface area (Å²) in [4.78, 5) is 15.1. The van der Waals surface area contributed by atoms with E-state index in [9.17, 15) is 0 Å². The lowest BCUT2D eigenvalue weighted by Crippen LogP contribution is -2.49. The van der Waals surface area contributed by atoms with Gasteiger partial charge >= 0.3 is 0 Å². The molecule has 7 heteroatoms. The molecule has 0 radical (unpaired) electrons. The van der Waals surface area contributed by atoms with Crippen LogP contribution in [0.3, 0.4) is 0 Å². The van der Waals surface area contributed by atoms with Gasteiger partial charge in [-0.1, -0.05) is 23.7 Å². The molecule has 2 fully saturated rings. The predicted molar refractivity (Wildman–Crippen MR) is 122 cm³/mol. The van der Waals surface area contributed by atoms with Gasteiger partial charge in [-0.05, 0) is 69.9 Å². The first kappa shape index (κ1) is 20.8. The second-order valence-electron chi connectivity index (χ2n) is 9.48. The maximum Gasteiger partial charge on any atom is 0.232 e. The molecule has 0 amide bonds. The van der Waals surface area contributed by atoms with Crippen LogP contribution < -0.4 is 10.2 Å². The molecule has 1 N–H and O–H groups in total. The van der Waals surface area contributed by atoms with Gasteiger partial charge < -0.3 is 19.8 Å². The summed E-state index contributed by atoms with van der Waals surface area (Å²) in [6.07, 6.45) is 12.2. The van der Waals surface area contributed by atoms with Crippen molar-refractivity contribution in [2.75, 3.05) is 51.3 Å². The van der Waals surface area contributed by atoms with Crippen LogP contribution in [0.25, 0.3) is 0 Å². The highest BCUT2D eigenvalue weighted by atomic mass is 16.7. The Bertz CT molecular complexity index is 810. The lowest BCUT2D eigenvalue weighted by atomic mass is 9.74. The van der Waals surface area contributed by atoms with Gasteiger partial charge in [0.1, 0.15) is 11.9 Å².